The van der Waals surface area contributed by atoms with Crippen LogP contribution in [0.2, 0.25) is 5.02 Å². The number of fused-ring (bicyclic) bond motifs is 1. The predicted octanol–water partition coefficient (Wildman–Crippen LogP) is 4.54. The molecule has 18 heavy (non-hydrogen) atoms. The third-order valence-corrected chi connectivity index (χ3v) is 4.33. The summed E-state index contributed by atoms with van der Waals surface area (Å²) < 4.78 is 16.1. The van der Waals surface area contributed by atoms with E-state index < -0.39 is 5.82 Å². The van der Waals surface area contributed by atoms with E-state index in [-0.39, 0.29) is 5.02 Å². The fraction of sp³-hybridized carbons (Fsp3) is 0.462. The van der Waals surface area contributed by atoms with Crippen molar-refractivity contribution in [1.82, 2.24) is 9.55 Å². The van der Waals surface area contributed by atoms with Crippen LogP contribution >= 0.6 is 23.8 Å². The van der Waals surface area contributed by atoms with Crippen LogP contribution in [0.5, 0.6) is 0 Å². The minimum atomic E-state index is -0.414. The molecule has 1 aliphatic carbocycles. The number of aromatic amines is 1. The SMILES string of the molecule is CC(Cn1c(=S)[nH]c2cc(F)c(Cl)cc21)C1CC1. The van der Waals surface area contributed by atoms with Crippen LogP contribution < -0.4 is 0 Å². The van der Waals surface area contributed by atoms with Crippen LogP contribution in [0, 0.1) is 22.4 Å². The normalized spacial score (nSPS) is 17.3. The second-order valence-corrected chi connectivity index (χ2v) is 5.93. The van der Waals surface area contributed by atoms with Crippen LogP contribution in [0.25, 0.3) is 11.0 Å². The number of hydrogen-bond acceptors (Lipinski definition) is 1. The standard InChI is InChI=1S/C13H14ClFN2S/c1-7(8-2-3-8)6-17-12-4-9(14)10(15)5-11(12)16-13(17)18/h4-5,7-8H,2-3,6H2,1H3,(H,16,18). The number of imidazole rings is 1. The van der Waals surface area contributed by atoms with Crippen LogP contribution in [0.4, 0.5) is 4.39 Å². The molecule has 96 valence electrons. The molecule has 0 amide bonds. The molecule has 0 radical (unpaired) electrons. The topological polar surface area (TPSA) is 20.7 Å². The molecule has 5 heteroatoms. The van der Waals surface area contributed by atoms with E-state index >= 15 is 0 Å². The molecule has 0 saturated heterocycles. The molecule has 1 N–H and O–H groups in total. The Morgan fingerprint density at radius 2 is 2.28 bits per heavy atom. The van der Waals surface area contributed by atoms with E-state index in [1.807, 2.05) is 4.57 Å². The summed E-state index contributed by atoms with van der Waals surface area (Å²) >= 11 is 11.2. The van der Waals surface area contributed by atoms with Crippen LogP contribution in [-0.2, 0) is 6.54 Å². The summed E-state index contributed by atoms with van der Waals surface area (Å²) in [6, 6.07) is 3.06. The summed E-state index contributed by atoms with van der Waals surface area (Å²) in [6.45, 7) is 3.11. The van der Waals surface area contributed by atoms with E-state index in [4.69, 9.17) is 23.8 Å². The van der Waals surface area contributed by atoms with Crippen molar-refractivity contribution in [1.29, 1.82) is 0 Å². The van der Waals surface area contributed by atoms with Crippen molar-refractivity contribution in [3.05, 3.63) is 27.7 Å². The highest BCUT2D eigenvalue weighted by Gasteiger charge is 2.28. The Kier molecular flexibility index (Phi) is 2.94. The number of H-pyrrole nitrogens is 1. The number of halogens is 2. The number of nitrogens with zero attached hydrogens (tertiary/aromatic N) is 1. The summed E-state index contributed by atoms with van der Waals surface area (Å²) in [5, 5.41) is 0.143. The van der Waals surface area contributed by atoms with Gasteiger partial charge in [0.15, 0.2) is 4.77 Å². The Balaban J connectivity index is 2.07. The second kappa shape index (κ2) is 4.35. The Bertz CT molecular complexity index is 657. The van der Waals surface area contributed by atoms with E-state index in [0.29, 0.717) is 16.2 Å². The van der Waals surface area contributed by atoms with Gasteiger partial charge in [-0.2, -0.15) is 0 Å². The molecular weight excluding hydrogens is 271 g/mol. The average Bonchev–Trinajstić information content (AvgIpc) is 3.10. The van der Waals surface area contributed by atoms with Crippen molar-refractivity contribution in [2.75, 3.05) is 0 Å². The highest BCUT2D eigenvalue weighted by molar-refractivity contribution is 7.71. The van der Waals surface area contributed by atoms with Crippen molar-refractivity contribution < 1.29 is 4.39 Å². The van der Waals surface area contributed by atoms with E-state index in [0.717, 1.165) is 18.0 Å². The molecule has 1 heterocycles. The zero-order chi connectivity index (χ0) is 12.9. The Morgan fingerprint density at radius 3 is 2.94 bits per heavy atom. The van der Waals surface area contributed by atoms with Crippen molar-refractivity contribution in [2.24, 2.45) is 11.8 Å². The van der Waals surface area contributed by atoms with E-state index in [1.165, 1.54) is 18.9 Å². The minimum absolute atomic E-state index is 0.143. The highest BCUT2D eigenvalue weighted by Crippen LogP contribution is 2.37. The summed E-state index contributed by atoms with van der Waals surface area (Å²) in [4.78, 5) is 3.04. The molecule has 1 saturated carbocycles. The zero-order valence-electron chi connectivity index (χ0n) is 10.0. The largest absolute Gasteiger partial charge is 0.330 e. The van der Waals surface area contributed by atoms with Gasteiger partial charge in [0.2, 0.25) is 0 Å². The Morgan fingerprint density at radius 1 is 1.56 bits per heavy atom. The van der Waals surface area contributed by atoms with Gasteiger partial charge < -0.3 is 9.55 Å². The molecule has 0 aliphatic heterocycles. The lowest BCUT2D eigenvalue weighted by molar-refractivity contribution is 0.434. The van der Waals surface area contributed by atoms with E-state index in [2.05, 4.69) is 11.9 Å². The van der Waals surface area contributed by atoms with Crippen molar-refractivity contribution in [3.63, 3.8) is 0 Å². The minimum Gasteiger partial charge on any atom is -0.330 e. The predicted molar refractivity (Wildman–Crippen MR) is 74.0 cm³/mol. The molecule has 2 nitrogen and oxygen atoms in total. The molecule has 1 aliphatic rings. The molecule has 1 aromatic heterocycles. The lowest BCUT2D eigenvalue weighted by Crippen LogP contribution is -2.09. The first-order valence-electron chi connectivity index (χ1n) is 6.14. The van der Waals surface area contributed by atoms with Crippen LogP contribution in [0.15, 0.2) is 12.1 Å². The van der Waals surface area contributed by atoms with Gasteiger partial charge in [-0.1, -0.05) is 18.5 Å². The first kappa shape index (κ1) is 12.2. The van der Waals surface area contributed by atoms with Gasteiger partial charge in [-0.3, -0.25) is 0 Å². The van der Waals surface area contributed by atoms with Gasteiger partial charge in [-0.05, 0) is 43.0 Å². The summed E-state index contributed by atoms with van der Waals surface area (Å²) in [6.07, 6.45) is 2.62. The quantitative estimate of drug-likeness (QED) is 0.821. The first-order chi connectivity index (χ1) is 8.56. The van der Waals surface area contributed by atoms with Gasteiger partial charge in [-0.25, -0.2) is 4.39 Å². The fourth-order valence-corrected chi connectivity index (χ4v) is 2.88. The highest BCUT2D eigenvalue weighted by atomic mass is 35.5. The van der Waals surface area contributed by atoms with Gasteiger partial charge in [-0.15, -0.1) is 0 Å². The van der Waals surface area contributed by atoms with Crippen molar-refractivity contribution in [2.45, 2.75) is 26.3 Å². The molecule has 1 aromatic carbocycles. The van der Waals surface area contributed by atoms with Crippen molar-refractivity contribution in [3.8, 4) is 0 Å². The first-order valence-corrected chi connectivity index (χ1v) is 6.92. The fourth-order valence-electron chi connectivity index (χ4n) is 2.44. The van der Waals surface area contributed by atoms with Crippen LogP contribution in [0.1, 0.15) is 19.8 Å². The number of hydrogen-bond donors (Lipinski definition) is 1. The lowest BCUT2D eigenvalue weighted by atomic mass is 10.1. The summed E-state index contributed by atoms with van der Waals surface area (Å²) in [7, 11) is 0. The number of benzene rings is 1. The Hall–Kier alpha value is -0.870. The lowest BCUT2D eigenvalue weighted by Gasteiger charge is -2.11. The molecule has 1 atom stereocenters. The molecule has 2 aromatic rings. The number of rotatable bonds is 3. The van der Waals surface area contributed by atoms with E-state index in [9.17, 15) is 4.39 Å². The maximum Gasteiger partial charge on any atom is 0.178 e. The van der Waals surface area contributed by atoms with Crippen LogP contribution in [-0.4, -0.2) is 9.55 Å². The van der Waals surface area contributed by atoms with Gasteiger partial charge in [0.1, 0.15) is 5.82 Å². The molecule has 0 bridgehead atoms. The maximum atomic E-state index is 13.4. The van der Waals surface area contributed by atoms with Crippen LogP contribution in [0.3, 0.4) is 0 Å². The number of nitrogens with one attached hydrogen (secondary N) is 1. The molecule has 3 rings (SSSR count). The monoisotopic (exact) mass is 284 g/mol. The number of aromatic nitrogens is 2. The molecular formula is C13H14ClFN2S. The molecule has 1 unspecified atom stereocenters. The van der Waals surface area contributed by atoms with Gasteiger partial charge in [0.05, 0.1) is 16.1 Å². The summed E-state index contributed by atoms with van der Waals surface area (Å²) in [5.41, 5.74) is 1.60. The third-order valence-electron chi connectivity index (χ3n) is 3.71. The average molecular weight is 285 g/mol. The smallest absolute Gasteiger partial charge is 0.178 e. The van der Waals surface area contributed by atoms with Gasteiger partial charge >= 0.3 is 0 Å². The maximum absolute atomic E-state index is 13.4. The second-order valence-electron chi connectivity index (χ2n) is 5.14. The van der Waals surface area contributed by atoms with Crippen molar-refractivity contribution >= 4 is 34.9 Å². The van der Waals surface area contributed by atoms with Gasteiger partial charge in [0.25, 0.3) is 0 Å². The molecule has 0 spiro atoms. The van der Waals surface area contributed by atoms with Gasteiger partial charge in [0, 0.05) is 12.6 Å². The van der Waals surface area contributed by atoms with E-state index in [1.54, 1.807) is 6.07 Å². The Labute approximate surface area is 115 Å². The summed E-state index contributed by atoms with van der Waals surface area (Å²) in [5.74, 6) is 0.995. The third kappa shape index (κ3) is 2.08. The zero-order valence-corrected chi connectivity index (χ0v) is 11.6. The molecule has 1 fully saturated rings.